The summed E-state index contributed by atoms with van der Waals surface area (Å²) in [4.78, 5) is 24.4. The molecule has 1 aromatic rings. The second-order valence-electron chi connectivity index (χ2n) is 7.29. The molecule has 3 rings (SSSR count). The molecular weight excluding hydrogens is 348 g/mol. The van der Waals surface area contributed by atoms with Crippen molar-refractivity contribution in [2.24, 2.45) is 5.92 Å². The summed E-state index contributed by atoms with van der Waals surface area (Å²) in [5.74, 6) is 0.192. The number of ketones is 1. The number of fused-ring (bicyclic) bond motifs is 1. The highest BCUT2D eigenvalue weighted by Gasteiger charge is 2.42. The van der Waals surface area contributed by atoms with Gasteiger partial charge in [-0.2, -0.15) is 0 Å². The van der Waals surface area contributed by atoms with Crippen LogP contribution in [0.25, 0.3) is 0 Å². The number of allylic oxidation sites excluding steroid dienone is 1. The maximum absolute atomic E-state index is 12.8. The van der Waals surface area contributed by atoms with Crippen molar-refractivity contribution in [3.8, 4) is 5.75 Å². The van der Waals surface area contributed by atoms with E-state index in [9.17, 15) is 9.59 Å². The molecule has 0 bridgehead atoms. The molecule has 1 aliphatic carbocycles. The number of hydrogen-bond acceptors (Lipinski definition) is 6. The number of rotatable bonds is 5. The van der Waals surface area contributed by atoms with Gasteiger partial charge in [-0.05, 0) is 56.9 Å². The lowest BCUT2D eigenvalue weighted by Gasteiger charge is -2.37. The SMILES string of the molecule is COC(=O)C(C)OC1CCC2C(=O)C(Oc3cc(C)cc(C)c3)=COC2C1. The monoisotopic (exact) mass is 374 g/mol. The lowest BCUT2D eigenvalue weighted by Crippen LogP contribution is -2.43. The second-order valence-corrected chi connectivity index (χ2v) is 7.29. The van der Waals surface area contributed by atoms with Crippen molar-refractivity contribution in [1.29, 1.82) is 0 Å². The van der Waals surface area contributed by atoms with E-state index in [1.807, 2.05) is 32.0 Å². The summed E-state index contributed by atoms with van der Waals surface area (Å²) in [7, 11) is 1.34. The van der Waals surface area contributed by atoms with Gasteiger partial charge in [-0.15, -0.1) is 0 Å². The van der Waals surface area contributed by atoms with Gasteiger partial charge in [0.15, 0.2) is 6.10 Å². The number of esters is 1. The van der Waals surface area contributed by atoms with Crippen LogP contribution in [-0.2, 0) is 23.8 Å². The normalized spacial score (nSPS) is 25.7. The quantitative estimate of drug-likeness (QED) is 0.737. The molecule has 146 valence electrons. The van der Waals surface area contributed by atoms with E-state index in [0.29, 0.717) is 25.0 Å². The minimum Gasteiger partial charge on any atom is -0.493 e. The highest BCUT2D eigenvalue weighted by Crippen LogP contribution is 2.35. The maximum Gasteiger partial charge on any atom is 0.334 e. The molecule has 0 aromatic heterocycles. The van der Waals surface area contributed by atoms with Crippen molar-refractivity contribution in [3.63, 3.8) is 0 Å². The first-order chi connectivity index (χ1) is 12.9. The predicted molar refractivity (Wildman–Crippen MR) is 98.2 cm³/mol. The minimum absolute atomic E-state index is 0.0372. The number of carbonyl (C=O) groups is 2. The predicted octanol–water partition coefficient (Wildman–Crippen LogP) is 3.24. The van der Waals surface area contributed by atoms with E-state index in [4.69, 9.17) is 14.2 Å². The Morgan fingerprint density at radius 1 is 1.19 bits per heavy atom. The highest BCUT2D eigenvalue weighted by atomic mass is 16.6. The lowest BCUT2D eigenvalue weighted by atomic mass is 9.80. The summed E-state index contributed by atoms with van der Waals surface area (Å²) in [6, 6.07) is 5.84. The molecule has 1 aliphatic heterocycles. The summed E-state index contributed by atoms with van der Waals surface area (Å²) >= 11 is 0. The molecule has 1 saturated carbocycles. The summed E-state index contributed by atoms with van der Waals surface area (Å²) in [6.45, 7) is 5.64. The van der Waals surface area contributed by atoms with E-state index < -0.39 is 12.1 Å². The van der Waals surface area contributed by atoms with Crippen LogP contribution >= 0.6 is 0 Å². The number of aryl methyl sites for hydroxylation is 2. The van der Waals surface area contributed by atoms with Crippen molar-refractivity contribution < 1.29 is 28.5 Å². The average molecular weight is 374 g/mol. The number of hydrogen-bond donors (Lipinski definition) is 0. The van der Waals surface area contributed by atoms with Gasteiger partial charge < -0.3 is 18.9 Å². The largest absolute Gasteiger partial charge is 0.493 e. The van der Waals surface area contributed by atoms with Crippen LogP contribution in [0.5, 0.6) is 5.75 Å². The lowest BCUT2D eigenvalue weighted by molar-refractivity contribution is -0.161. The first kappa shape index (κ1) is 19.4. The Kier molecular flexibility index (Phi) is 5.85. The van der Waals surface area contributed by atoms with Crippen molar-refractivity contribution in [3.05, 3.63) is 41.3 Å². The van der Waals surface area contributed by atoms with Crippen molar-refractivity contribution in [2.75, 3.05) is 7.11 Å². The Hall–Kier alpha value is -2.34. The Morgan fingerprint density at radius 2 is 1.89 bits per heavy atom. The minimum atomic E-state index is -0.630. The van der Waals surface area contributed by atoms with Crippen LogP contribution in [0.3, 0.4) is 0 Å². The number of ether oxygens (including phenoxy) is 4. The molecule has 1 heterocycles. The van der Waals surface area contributed by atoms with Crippen LogP contribution < -0.4 is 4.74 Å². The van der Waals surface area contributed by atoms with E-state index in [0.717, 1.165) is 11.1 Å². The molecule has 6 nitrogen and oxygen atoms in total. The van der Waals surface area contributed by atoms with Crippen LogP contribution in [0, 0.1) is 19.8 Å². The maximum atomic E-state index is 12.8. The fourth-order valence-electron chi connectivity index (χ4n) is 3.76. The molecular formula is C21H26O6. The summed E-state index contributed by atoms with van der Waals surface area (Å²) in [5, 5.41) is 0. The molecule has 2 aliphatic rings. The molecule has 6 heteroatoms. The fourth-order valence-corrected chi connectivity index (χ4v) is 3.76. The molecule has 1 fully saturated rings. The van der Waals surface area contributed by atoms with Crippen LogP contribution in [0.15, 0.2) is 30.2 Å². The van der Waals surface area contributed by atoms with Gasteiger partial charge in [0.2, 0.25) is 11.5 Å². The third kappa shape index (κ3) is 4.50. The number of Topliss-reactive ketones (excluding diaryl/α,β-unsaturated/α-hetero) is 1. The third-order valence-electron chi connectivity index (χ3n) is 5.03. The van der Waals surface area contributed by atoms with E-state index in [1.165, 1.54) is 13.4 Å². The fraction of sp³-hybridized carbons (Fsp3) is 0.524. The van der Waals surface area contributed by atoms with Gasteiger partial charge in [-0.25, -0.2) is 4.79 Å². The van der Waals surface area contributed by atoms with Crippen LogP contribution in [0.1, 0.15) is 37.3 Å². The van der Waals surface area contributed by atoms with Gasteiger partial charge in [0.25, 0.3) is 0 Å². The summed E-state index contributed by atoms with van der Waals surface area (Å²) in [5.41, 5.74) is 2.15. The second kappa shape index (κ2) is 8.13. The van der Waals surface area contributed by atoms with Crippen molar-refractivity contribution >= 4 is 11.8 Å². The van der Waals surface area contributed by atoms with Crippen molar-refractivity contribution in [1.82, 2.24) is 0 Å². The van der Waals surface area contributed by atoms with Gasteiger partial charge in [0.1, 0.15) is 18.1 Å². The molecule has 0 saturated heterocycles. The van der Waals surface area contributed by atoms with Gasteiger partial charge >= 0.3 is 5.97 Å². The van der Waals surface area contributed by atoms with E-state index in [1.54, 1.807) is 6.92 Å². The van der Waals surface area contributed by atoms with Gasteiger partial charge in [-0.1, -0.05) is 6.07 Å². The van der Waals surface area contributed by atoms with Crippen LogP contribution in [-0.4, -0.2) is 37.2 Å². The van der Waals surface area contributed by atoms with E-state index >= 15 is 0 Å². The van der Waals surface area contributed by atoms with Gasteiger partial charge in [-0.3, -0.25) is 4.79 Å². The topological polar surface area (TPSA) is 71.1 Å². The highest BCUT2D eigenvalue weighted by molar-refractivity contribution is 5.96. The van der Waals surface area contributed by atoms with Crippen LogP contribution in [0.2, 0.25) is 0 Å². The number of methoxy groups -OCH3 is 1. The van der Waals surface area contributed by atoms with Crippen LogP contribution in [0.4, 0.5) is 0 Å². The molecule has 27 heavy (non-hydrogen) atoms. The molecule has 0 spiro atoms. The molecule has 0 N–H and O–H groups in total. The summed E-state index contributed by atoms with van der Waals surface area (Å²) < 4.78 is 22.1. The van der Waals surface area contributed by atoms with E-state index in [2.05, 4.69) is 4.74 Å². The first-order valence-corrected chi connectivity index (χ1v) is 9.26. The Morgan fingerprint density at radius 3 is 2.56 bits per heavy atom. The Balaban J connectivity index is 1.64. The number of carbonyl (C=O) groups excluding carboxylic acids is 2. The zero-order valence-electron chi connectivity index (χ0n) is 16.2. The molecule has 4 unspecified atom stereocenters. The standard InChI is InChI=1S/C21H26O6/c1-12-7-13(2)9-16(8-12)27-19-11-25-18-10-15(5-6-17(18)20(19)22)26-14(3)21(23)24-4/h7-9,11,14-15,17-18H,5-6,10H2,1-4H3. The summed E-state index contributed by atoms with van der Waals surface area (Å²) in [6.07, 6.45) is 2.27. The zero-order valence-corrected chi connectivity index (χ0v) is 16.2. The first-order valence-electron chi connectivity index (χ1n) is 9.26. The molecule has 4 atom stereocenters. The van der Waals surface area contributed by atoms with Gasteiger partial charge in [0.05, 0.1) is 19.1 Å². The zero-order chi connectivity index (χ0) is 19.6. The molecule has 0 amide bonds. The average Bonchev–Trinajstić information content (AvgIpc) is 2.62. The Bertz CT molecular complexity index is 733. The Labute approximate surface area is 159 Å². The molecule has 0 radical (unpaired) electrons. The number of benzene rings is 1. The van der Waals surface area contributed by atoms with Crippen molar-refractivity contribution in [2.45, 2.75) is 58.3 Å². The molecule has 1 aromatic carbocycles. The van der Waals surface area contributed by atoms with E-state index in [-0.39, 0.29) is 29.7 Å². The smallest absolute Gasteiger partial charge is 0.334 e. The third-order valence-corrected chi connectivity index (χ3v) is 5.03. The van der Waals surface area contributed by atoms with Gasteiger partial charge in [0, 0.05) is 6.42 Å².